The van der Waals surface area contributed by atoms with Crippen LogP contribution in [0, 0.1) is 23.7 Å². The topological polar surface area (TPSA) is 58.9 Å². The van der Waals surface area contributed by atoms with Crippen LogP contribution in [0.5, 0.6) is 23.0 Å². The van der Waals surface area contributed by atoms with Crippen molar-refractivity contribution in [3.8, 4) is 46.7 Å². The van der Waals surface area contributed by atoms with E-state index in [-0.39, 0.29) is 24.7 Å². The highest BCUT2D eigenvalue weighted by Crippen LogP contribution is 2.16. The Morgan fingerprint density at radius 3 is 1.36 bits per heavy atom. The quantitative estimate of drug-likeness (QED) is 0.851. The Kier molecular flexibility index (Phi) is 5.61. The molecule has 0 saturated carbocycles. The molecule has 0 saturated heterocycles. The fourth-order valence-electron chi connectivity index (χ4n) is 1.48. The van der Waals surface area contributed by atoms with Gasteiger partial charge in [-0.2, -0.15) is 0 Å². The minimum Gasteiger partial charge on any atom is -0.508 e. The Bertz CT molecular complexity index is 645. The summed E-state index contributed by atoms with van der Waals surface area (Å²) in [4.78, 5) is 0. The molecule has 0 amide bonds. The van der Waals surface area contributed by atoms with Crippen LogP contribution in [0.25, 0.3) is 0 Å². The lowest BCUT2D eigenvalue weighted by Crippen LogP contribution is -1.93. The Morgan fingerprint density at radius 1 is 0.636 bits per heavy atom. The molecule has 110 valence electrons. The fraction of sp³-hybridized carbons (Fsp3) is 0.111. The third kappa shape index (κ3) is 5.40. The van der Waals surface area contributed by atoms with Gasteiger partial charge in [-0.25, -0.2) is 0 Å². The molecule has 22 heavy (non-hydrogen) atoms. The number of phenolic OH excluding ortho intramolecular Hbond substituents is 2. The summed E-state index contributed by atoms with van der Waals surface area (Å²) in [6.45, 7) is 0.441. The van der Waals surface area contributed by atoms with Crippen molar-refractivity contribution in [2.24, 2.45) is 0 Å². The van der Waals surface area contributed by atoms with Crippen molar-refractivity contribution in [1.29, 1.82) is 0 Å². The van der Waals surface area contributed by atoms with Gasteiger partial charge < -0.3 is 19.7 Å². The molecule has 2 aromatic carbocycles. The molecule has 2 rings (SSSR count). The monoisotopic (exact) mass is 294 g/mol. The minimum absolute atomic E-state index is 0.193. The van der Waals surface area contributed by atoms with E-state index in [0.29, 0.717) is 11.5 Å². The van der Waals surface area contributed by atoms with E-state index < -0.39 is 0 Å². The molecule has 0 heterocycles. The third-order valence-electron chi connectivity index (χ3n) is 2.53. The highest BCUT2D eigenvalue weighted by atomic mass is 16.5. The van der Waals surface area contributed by atoms with Crippen molar-refractivity contribution < 1.29 is 19.7 Å². The van der Waals surface area contributed by atoms with E-state index in [0.717, 1.165) is 0 Å². The van der Waals surface area contributed by atoms with Gasteiger partial charge in [0.2, 0.25) is 0 Å². The maximum atomic E-state index is 9.12. The Morgan fingerprint density at radius 2 is 1.00 bits per heavy atom. The van der Waals surface area contributed by atoms with Crippen molar-refractivity contribution >= 4 is 0 Å². The van der Waals surface area contributed by atoms with E-state index in [1.807, 2.05) is 0 Å². The van der Waals surface area contributed by atoms with Crippen LogP contribution in [-0.2, 0) is 0 Å². The summed E-state index contributed by atoms with van der Waals surface area (Å²) < 4.78 is 10.7. The van der Waals surface area contributed by atoms with Crippen LogP contribution in [0.2, 0.25) is 0 Å². The SMILES string of the molecule is Oc1ccc(OCC#CC#CCOc2ccc(O)cc2)cc1. The normalized spacial score (nSPS) is 8.91. The van der Waals surface area contributed by atoms with Crippen molar-refractivity contribution in [3.63, 3.8) is 0 Å². The van der Waals surface area contributed by atoms with Crippen LogP contribution in [0.1, 0.15) is 0 Å². The zero-order valence-corrected chi connectivity index (χ0v) is 11.7. The zero-order valence-electron chi connectivity index (χ0n) is 11.7. The van der Waals surface area contributed by atoms with E-state index >= 15 is 0 Å². The molecule has 0 aliphatic rings. The molecule has 0 atom stereocenters. The van der Waals surface area contributed by atoms with Gasteiger partial charge in [0, 0.05) is 0 Å². The van der Waals surface area contributed by atoms with Gasteiger partial charge in [0.25, 0.3) is 0 Å². The second kappa shape index (κ2) is 8.14. The van der Waals surface area contributed by atoms with E-state index in [9.17, 15) is 0 Å². The van der Waals surface area contributed by atoms with Crippen LogP contribution >= 0.6 is 0 Å². The van der Waals surface area contributed by atoms with Crippen LogP contribution in [-0.4, -0.2) is 23.4 Å². The molecule has 2 N–H and O–H groups in total. The van der Waals surface area contributed by atoms with Crippen LogP contribution < -0.4 is 9.47 Å². The first kappa shape index (κ1) is 15.2. The fourth-order valence-corrected chi connectivity index (χ4v) is 1.48. The summed E-state index contributed by atoms with van der Waals surface area (Å²) in [7, 11) is 0. The van der Waals surface area contributed by atoms with Crippen molar-refractivity contribution in [2.45, 2.75) is 0 Å². The Balaban J connectivity index is 1.68. The zero-order chi connectivity index (χ0) is 15.6. The molecule has 0 aliphatic carbocycles. The average Bonchev–Trinajstić information content (AvgIpc) is 2.53. The lowest BCUT2D eigenvalue weighted by atomic mass is 10.3. The van der Waals surface area contributed by atoms with Gasteiger partial charge in [-0.3, -0.25) is 0 Å². The first-order valence-corrected chi connectivity index (χ1v) is 6.53. The van der Waals surface area contributed by atoms with E-state index in [4.69, 9.17) is 19.7 Å². The smallest absolute Gasteiger partial charge is 0.150 e. The van der Waals surface area contributed by atoms with Gasteiger partial charge in [0.1, 0.15) is 36.2 Å². The summed E-state index contributed by atoms with van der Waals surface area (Å²) in [6, 6.07) is 12.8. The predicted molar refractivity (Wildman–Crippen MR) is 82.8 cm³/mol. The molecule has 0 aliphatic heterocycles. The molecule has 4 nitrogen and oxygen atoms in total. The largest absolute Gasteiger partial charge is 0.508 e. The lowest BCUT2D eigenvalue weighted by Gasteiger charge is -2.00. The second-order valence-electron chi connectivity index (χ2n) is 4.17. The summed E-state index contributed by atoms with van der Waals surface area (Å²) in [5, 5.41) is 18.2. The van der Waals surface area contributed by atoms with Gasteiger partial charge in [0.05, 0.1) is 0 Å². The average molecular weight is 294 g/mol. The first-order valence-electron chi connectivity index (χ1n) is 6.53. The summed E-state index contributed by atoms with van der Waals surface area (Å²) >= 11 is 0. The third-order valence-corrected chi connectivity index (χ3v) is 2.53. The maximum Gasteiger partial charge on any atom is 0.150 e. The molecule has 0 radical (unpaired) electrons. The van der Waals surface area contributed by atoms with E-state index in [2.05, 4.69) is 23.7 Å². The second-order valence-corrected chi connectivity index (χ2v) is 4.17. The number of hydrogen-bond acceptors (Lipinski definition) is 4. The van der Waals surface area contributed by atoms with Gasteiger partial charge >= 0.3 is 0 Å². The van der Waals surface area contributed by atoms with Crippen LogP contribution in [0.3, 0.4) is 0 Å². The Hall–Kier alpha value is -3.24. The predicted octanol–water partition coefficient (Wildman–Crippen LogP) is 2.56. The molecule has 0 unspecified atom stereocenters. The van der Waals surface area contributed by atoms with Crippen molar-refractivity contribution in [1.82, 2.24) is 0 Å². The highest BCUT2D eigenvalue weighted by Gasteiger charge is 1.92. The summed E-state index contributed by atoms with van der Waals surface area (Å²) in [6.07, 6.45) is 0. The van der Waals surface area contributed by atoms with E-state index in [1.54, 1.807) is 48.5 Å². The highest BCUT2D eigenvalue weighted by molar-refractivity contribution is 5.32. The summed E-state index contributed by atoms with van der Waals surface area (Å²) in [5.74, 6) is 12.5. The standard InChI is InChI=1S/C18H14O4/c19-15-5-9-17(10-6-15)21-13-3-1-2-4-14-22-18-11-7-16(20)8-12-18/h5-12,19-20H,13-14H2. The van der Waals surface area contributed by atoms with Gasteiger partial charge in [0.15, 0.2) is 0 Å². The van der Waals surface area contributed by atoms with Crippen LogP contribution in [0.15, 0.2) is 48.5 Å². The summed E-state index contributed by atoms with van der Waals surface area (Å²) in [5.41, 5.74) is 0. The van der Waals surface area contributed by atoms with Gasteiger partial charge in [-0.05, 0) is 72.2 Å². The van der Waals surface area contributed by atoms with Gasteiger partial charge in [-0.15, -0.1) is 0 Å². The molecular weight excluding hydrogens is 280 g/mol. The van der Waals surface area contributed by atoms with Gasteiger partial charge in [-0.1, -0.05) is 0 Å². The number of benzene rings is 2. The number of aromatic hydroxyl groups is 2. The molecule has 0 fully saturated rings. The van der Waals surface area contributed by atoms with Crippen molar-refractivity contribution in [2.75, 3.05) is 13.2 Å². The minimum atomic E-state index is 0.193. The Labute approximate surface area is 128 Å². The number of rotatable bonds is 4. The number of ether oxygens (including phenoxy) is 2. The molecular formula is C18H14O4. The van der Waals surface area contributed by atoms with Crippen LogP contribution in [0.4, 0.5) is 0 Å². The first-order chi connectivity index (χ1) is 10.7. The lowest BCUT2D eigenvalue weighted by molar-refractivity contribution is 0.368. The molecule has 2 aromatic rings. The van der Waals surface area contributed by atoms with E-state index in [1.165, 1.54) is 0 Å². The number of phenols is 2. The maximum absolute atomic E-state index is 9.12. The molecule has 0 bridgehead atoms. The number of hydrogen-bond donors (Lipinski definition) is 2. The van der Waals surface area contributed by atoms with Crippen molar-refractivity contribution in [3.05, 3.63) is 48.5 Å². The molecule has 0 spiro atoms. The molecule has 4 heteroatoms. The molecule has 0 aromatic heterocycles.